The molecular weight excluding hydrogens is 388 g/mol. The van der Waals surface area contributed by atoms with Crippen molar-refractivity contribution >= 4 is 15.9 Å². The number of amides is 1. The van der Waals surface area contributed by atoms with E-state index in [4.69, 9.17) is 4.74 Å². The van der Waals surface area contributed by atoms with E-state index in [9.17, 15) is 13.2 Å². The molecule has 0 aromatic heterocycles. The minimum Gasteiger partial charge on any atom is -0.494 e. The Morgan fingerprint density at radius 2 is 1.69 bits per heavy atom. The lowest BCUT2D eigenvalue weighted by atomic mass is 9.95. The van der Waals surface area contributed by atoms with Crippen LogP contribution >= 0.6 is 0 Å². The molecule has 1 saturated heterocycles. The molecule has 1 amide bonds. The molecule has 1 aliphatic heterocycles. The van der Waals surface area contributed by atoms with Crippen molar-refractivity contribution in [2.24, 2.45) is 5.92 Å². The summed E-state index contributed by atoms with van der Waals surface area (Å²) in [6, 6.07) is 7.11. The van der Waals surface area contributed by atoms with Crippen molar-refractivity contribution < 1.29 is 17.9 Å². The minimum atomic E-state index is -3.54. The number of ether oxygens (including phenoxy) is 1. The quantitative estimate of drug-likeness (QED) is 0.672. The van der Waals surface area contributed by atoms with E-state index in [-0.39, 0.29) is 22.8 Å². The third kappa shape index (κ3) is 4.94. The maximum atomic E-state index is 13.2. The molecule has 3 rings (SSSR count). The zero-order valence-corrected chi connectivity index (χ0v) is 18.7. The summed E-state index contributed by atoms with van der Waals surface area (Å²) >= 11 is 0. The predicted octanol–water partition coefficient (Wildman–Crippen LogP) is 3.67. The molecule has 162 valence electrons. The second kappa shape index (κ2) is 9.47. The Kier molecular flexibility index (Phi) is 7.22. The minimum absolute atomic E-state index is 0.0789. The van der Waals surface area contributed by atoms with Gasteiger partial charge in [-0.05, 0) is 70.7 Å². The van der Waals surface area contributed by atoms with Crippen molar-refractivity contribution in [3.05, 3.63) is 24.3 Å². The highest BCUT2D eigenvalue weighted by Gasteiger charge is 2.37. The van der Waals surface area contributed by atoms with E-state index in [2.05, 4.69) is 18.7 Å². The van der Waals surface area contributed by atoms with Crippen LogP contribution in [-0.2, 0) is 14.8 Å². The van der Waals surface area contributed by atoms with Crippen LogP contribution in [0.3, 0.4) is 0 Å². The Labute approximate surface area is 175 Å². The van der Waals surface area contributed by atoms with Gasteiger partial charge in [-0.2, -0.15) is 4.31 Å². The van der Waals surface area contributed by atoms with Crippen LogP contribution < -0.4 is 4.74 Å². The molecule has 0 atom stereocenters. The van der Waals surface area contributed by atoms with Gasteiger partial charge in [0.05, 0.1) is 11.5 Å². The first-order valence-corrected chi connectivity index (χ1v) is 12.3. The van der Waals surface area contributed by atoms with Crippen LogP contribution in [0, 0.1) is 5.92 Å². The van der Waals surface area contributed by atoms with E-state index in [1.807, 2.05) is 6.92 Å². The maximum Gasteiger partial charge on any atom is 0.243 e. The topological polar surface area (TPSA) is 66.9 Å². The molecule has 0 N–H and O–H groups in total. The zero-order valence-electron chi connectivity index (χ0n) is 17.8. The Morgan fingerprint density at radius 3 is 2.21 bits per heavy atom. The summed E-state index contributed by atoms with van der Waals surface area (Å²) in [6.07, 6.45) is 5.75. The molecule has 1 aromatic carbocycles. The predicted molar refractivity (Wildman–Crippen MR) is 113 cm³/mol. The normalized spacial score (nSPS) is 19.6. The smallest absolute Gasteiger partial charge is 0.243 e. The van der Waals surface area contributed by atoms with Gasteiger partial charge in [0.25, 0.3) is 0 Å². The number of hydrogen-bond donors (Lipinski definition) is 0. The lowest BCUT2D eigenvalue weighted by molar-refractivity contribution is -0.141. The second-order valence-corrected chi connectivity index (χ2v) is 10.3. The molecular formula is C22H34N2O4S. The molecule has 2 aliphatic rings. The van der Waals surface area contributed by atoms with E-state index >= 15 is 0 Å². The third-order valence-corrected chi connectivity index (χ3v) is 8.02. The van der Waals surface area contributed by atoms with Crippen molar-refractivity contribution in [3.8, 4) is 5.75 Å². The van der Waals surface area contributed by atoms with E-state index in [0.29, 0.717) is 44.3 Å². The van der Waals surface area contributed by atoms with Gasteiger partial charge >= 0.3 is 0 Å². The van der Waals surface area contributed by atoms with Gasteiger partial charge in [-0.1, -0.05) is 12.8 Å². The van der Waals surface area contributed by atoms with Gasteiger partial charge in [-0.3, -0.25) is 4.79 Å². The SMILES string of the molecule is CCOc1ccc(S(=O)(=O)N2CCC(C(=O)N(C(C)C)C3CCCC3)CC2)cc1. The van der Waals surface area contributed by atoms with Crippen LogP contribution in [0.25, 0.3) is 0 Å². The van der Waals surface area contributed by atoms with Crippen LogP contribution in [0.2, 0.25) is 0 Å². The third-order valence-electron chi connectivity index (χ3n) is 6.10. The molecule has 2 fully saturated rings. The van der Waals surface area contributed by atoms with Gasteiger partial charge in [0.1, 0.15) is 5.75 Å². The average Bonchev–Trinajstić information content (AvgIpc) is 3.23. The highest BCUT2D eigenvalue weighted by atomic mass is 32.2. The second-order valence-electron chi connectivity index (χ2n) is 8.36. The largest absolute Gasteiger partial charge is 0.494 e. The van der Waals surface area contributed by atoms with Crippen molar-refractivity contribution in [2.45, 2.75) is 76.3 Å². The van der Waals surface area contributed by atoms with E-state index in [0.717, 1.165) is 12.8 Å². The fourth-order valence-corrected chi connectivity index (χ4v) is 6.09. The van der Waals surface area contributed by atoms with Crippen molar-refractivity contribution in [3.63, 3.8) is 0 Å². The van der Waals surface area contributed by atoms with E-state index in [1.165, 1.54) is 17.1 Å². The Morgan fingerprint density at radius 1 is 1.10 bits per heavy atom. The van der Waals surface area contributed by atoms with Crippen LogP contribution in [-0.4, -0.2) is 55.3 Å². The Hall–Kier alpha value is -1.60. The van der Waals surface area contributed by atoms with Gasteiger partial charge in [0, 0.05) is 31.1 Å². The van der Waals surface area contributed by atoms with Crippen LogP contribution in [0.1, 0.15) is 59.3 Å². The lowest BCUT2D eigenvalue weighted by Crippen LogP contribution is -2.49. The molecule has 0 unspecified atom stereocenters. The van der Waals surface area contributed by atoms with E-state index < -0.39 is 10.0 Å². The number of rotatable bonds is 7. The molecule has 29 heavy (non-hydrogen) atoms. The highest BCUT2D eigenvalue weighted by Crippen LogP contribution is 2.30. The van der Waals surface area contributed by atoms with Crippen molar-refractivity contribution in [1.29, 1.82) is 0 Å². The molecule has 0 radical (unpaired) electrons. The molecule has 1 heterocycles. The first-order chi connectivity index (χ1) is 13.8. The molecule has 0 bridgehead atoms. The number of carbonyl (C=O) groups excluding carboxylic acids is 1. The highest BCUT2D eigenvalue weighted by molar-refractivity contribution is 7.89. The van der Waals surface area contributed by atoms with Crippen LogP contribution in [0.5, 0.6) is 5.75 Å². The fourth-order valence-electron chi connectivity index (χ4n) is 4.62. The first-order valence-electron chi connectivity index (χ1n) is 10.9. The summed E-state index contributed by atoms with van der Waals surface area (Å²) in [6.45, 7) is 7.39. The lowest BCUT2D eigenvalue weighted by Gasteiger charge is -2.38. The van der Waals surface area contributed by atoms with Crippen LogP contribution in [0.4, 0.5) is 0 Å². The van der Waals surface area contributed by atoms with Crippen LogP contribution in [0.15, 0.2) is 29.2 Å². The van der Waals surface area contributed by atoms with E-state index in [1.54, 1.807) is 24.3 Å². The average molecular weight is 423 g/mol. The molecule has 1 aromatic rings. The fraction of sp³-hybridized carbons (Fsp3) is 0.682. The number of benzene rings is 1. The van der Waals surface area contributed by atoms with Gasteiger partial charge in [-0.25, -0.2) is 8.42 Å². The molecule has 7 heteroatoms. The monoisotopic (exact) mass is 422 g/mol. The first kappa shape index (κ1) is 22.1. The number of hydrogen-bond acceptors (Lipinski definition) is 4. The molecule has 1 aliphatic carbocycles. The summed E-state index contributed by atoms with van der Waals surface area (Å²) in [5.41, 5.74) is 0. The summed E-state index contributed by atoms with van der Waals surface area (Å²) in [5, 5.41) is 0. The summed E-state index contributed by atoms with van der Waals surface area (Å²) < 4.78 is 32.9. The van der Waals surface area contributed by atoms with Crippen molar-refractivity contribution in [1.82, 2.24) is 9.21 Å². The number of sulfonamides is 1. The standard InChI is InChI=1S/C22H34N2O4S/c1-4-28-20-9-11-21(12-10-20)29(26,27)23-15-13-18(14-16-23)22(25)24(17(2)3)19-7-5-6-8-19/h9-12,17-19H,4-8,13-16H2,1-3H3. The molecule has 0 spiro atoms. The van der Waals surface area contributed by atoms with Gasteiger partial charge < -0.3 is 9.64 Å². The van der Waals surface area contributed by atoms with Gasteiger partial charge in [-0.15, -0.1) is 0 Å². The number of carbonyl (C=O) groups is 1. The Bertz CT molecular complexity index is 778. The summed E-state index contributed by atoms with van der Waals surface area (Å²) in [7, 11) is -3.54. The van der Waals surface area contributed by atoms with Gasteiger partial charge in [0.2, 0.25) is 15.9 Å². The summed E-state index contributed by atoms with van der Waals surface area (Å²) in [5.74, 6) is 0.797. The molecule has 6 nitrogen and oxygen atoms in total. The summed E-state index contributed by atoms with van der Waals surface area (Å²) in [4.78, 5) is 15.6. The Balaban J connectivity index is 1.63. The van der Waals surface area contributed by atoms with Crippen molar-refractivity contribution in [2.75, 3.05) is 19.7 Å². The molecule has 1 saturated carbocycles. The maximum absolute atomic E-state index is 13.2. The number of piperidine rings is 1. The zero-order chi connectivity index (χ0) is 21.0. The number of nitrogens with zero attached hydrogens (tertiary/aromatic N) is 2. The van der Waals surface area contributed by atoms with Gasteiger partial charge in [0.15, 0.2) is 0 Å².